The lowest BCUT2D eigenvalue weighted by molar-refractivity contribution is -0.146. The minimum Gasteiger partial charge on any atom is -0.481 e. The van der Waals surface area contributed by atoms with Crippen LogP contribution in [-0.4, -0.2) is 35.1 Å². The number of hydrogen-bond donors (Lipinski definition) is 1. The lowest BCUT2D eigenvalue weighted by Crippen LogP contribution is -2.48. The van der Waals surface area contributed by atoms with Gasteiger partial charge in [0.05, 0.1) is 5.92 Å². The van der Waals surface area contributed by atoms with Gasteiger partial charge in [0.1, 0.15) is 0 Å². The van der Waals surface area contributed by atoms with Gasteiger partial charge in [-0.3, -0.25) is 9.69 Å². The van der Waals surface area contributed by atoms with Crippen molar-refractivity contribution in [2.75, 3.05) is 13.1 Å². The van der Waals surface area contributed by atoms with Gasteiger partial charge in [-0.05, 0) is 50.5 Å². The Hall–Kier alpha value is -0.570. The molecule has 1 N–H and O–H groups in total. The van der Waals surface area contributed by atoms with Crippen LogP contribution in [0.15, 0.2) is 0 Å². The summed E-state index contributed by atoms with van der Waals surface area (Å²) < 4.78 is 0. The smallest absolute Gasteiger partial charge is 0.308 e. The molecule has 2 aliphatic carbocycles. The van der Waals surface area contributed by atoms with E-state index in [2.05, 4.69) is 18.7 Å². The van der Waals surface area contributed by atoms with Gasteiger partial charge in [0.2, 0.25) is 0 Å². The maximum absolute atomic E-state index is 11.5. The molecule has 0 radical (unpaired) electrons. The fourth-order valence-corrected chi connectivity index (χ4v) is 3.72. The van der Waals surface area contributed by atoms with Crippen LogP contribution in [0.4, 0.5) is 0 Å². The quantitative estimate of drug-likeness (QED) is 0.768. The highest BCUT2D eigenvalue weighted by Gasteiger charge is 2.39. The zero-order chi connectivity index (χ0) is 13.8. The predicted octanol–water partition coefficient (Wildman–Crippen LogP) is 3.39. The zero-order valence-corrected chi connectivity index (χ0v) is 12.5. The van der Waals surface area contributed by atoms with Crippen LogP contribution >= 0.6 is 0 Å². The molecule has 0 spiro atoms. The number of aliphatic carboxylic acids is 1. The summed E-state index contributed by atoms with van der Waals surface area (Å²) in [7, 11) is 0. The molecule has 110 valence electrons. The number of carboxylic acid groups (broad SMARTS) is 1. The summed E-state index contributed by atoms with van der Waals surface area (Å²) in [6.45, 7) is 6.55. The fraction of sp³-hybridized carbons (Fsp3) is 0.938. The van der Waals surface area contributed by atoms with E-state index in [0.717, 1.165) is 44.2 Å². The normalized spacial score (nSPS) is 31.6. The molecule has 3 heteroatoms. The van der Waals surface area contributed by atoms with Gasteiger partial charge < -0.3 is 5.11 Å². The Morgan fingerprint density at radius 2 is 1.84 bits per heavy atom. The molecular weight excluding hydrogens is 238 g/mol. The minimum absolute atomic E-state index is 0.133. The first-order chi connectivity index (χ1) is 9.15. The molecule has 0 aromatic heterocycles. The second-order valence-corrected chi connectivity index (χ2v) is 6.51. The Bertz CT molecular complexity index is 301. The van der Waals surface area contributed by atoms with E-state index in [9.17, 15) is 9.90 Å². The van der Waals surface area contributed by atoms with E-state index in [4.69, 9.17) is 0 Å². The van der Waals surface area contributed by atoms with Gasteiger partial charge >= 0.3 is 5.97 Å². The first-order valence-electron chi connectivity index (χ1n) is 8.12. The summed E-state index contributed by atoms with van der Waals surface area (Å²) in [6, 6.07) is 0.286. The molecule has 3 nitrogen and oxygen atoms in total. The van der Waals surface area contributed by atoms with Crippen molar-refractivity contribution in [1.29, 1.82) is 0 Å². The number of carbonyl (C=O) groups is 1. The Balaban J connectivity index is 2.01. The van der Waals surface area contributed by atoms with E-state index in [1.165, 1.54) is 25.7 Å². The van der Waals surface area contributed by atoms with Crippen molar-refractivity contribution in [3.8, 4) is 0 Å². The molecule has 2 rings (SSSR count). The first kappa shape index (κ1) is 14.8. The van der Waals surface area contributed by atoms with Gasteiger partial charge in [-0.2, -0.15) is 0 Å². The highest BCUT2D eigenvalue weighted by Crippen LogP contribution is 2.37. The predicted molar refractivity (Wildman–Crippen MR) is 77.1 cm³/mol. The number of rotatable bonds is 7. The van der Waals surface area contributed by atoms with Gasteiger partial charge in [0.25, 0.3) is 0 Å². The van der Waals surface area contributed by atoms with Crippen molar-refractivity contribution in [1.82, 2.24) is 4.90 Å². The van der Waals surface area contributed by atoms with E-state index in [-0.39, 0.29) is 12.0 Å². The summed E-state index contributed by atoms with van der Waals surface area (Å²) in [5, 5.41) is 9.49. The molecule has 0 amide bonds. The minimum atomic E-state index is -0.575. The summed E-state index contributed by atoms with van der Waals surface area (Å²) in [4.78, 5) is 14.0. The molecule has 0 heterocycles. The van der Waals surface area contributed by atoms with Crippen LogP contribution < -0.4 is 0 Å². The van der Waals surface area contributed by atoms with Gasteiger partial charge in [0.15, 0.2) is 0 Å². The summed E-state index contributed by atoms with van der Waals surface area (Å²) in [5.74, 6) is 0.890. The Morgan fingerprint density at radius 1 is 1.16 bits per heavy atom. The van der Waals surface area contributed by atoms with Gasteiger partial charge in [-0.1, -0.05) is 26.7 Å². The molecule has 2 fully saturated rings. The maximum atomic E-state index is 11.5. The van der Waals surface area contributed by atoms with Crippen LogP contribution in [0.1, 0.15) is 58.8 Å². The van der Waals surface area contributed by atoms with Crippen LogP contribution in [0.3, 0.4) is 0 Å². The van der Waals surface area contributed by atoms with Crippen LogP contribution in [0, 0.1) is 17.8 Å². The molecule has 3 atom stereocenters. The second-order valence-electron chi connectivity index (χ2n) is 6.51. The molecular formula is C16H29NO2. The van der Waals surface area contributed by atoms with E-state index < -0.39 is 5.97 Å². The van der Waals surface area contributed by atoms with Crippen LogP contribution in [0.2, 0.25) is 0 Å². The topological polar surface area (TPSA) is 40.5 Å². The van der Waals surface area contributed by atoms with Crippen molar-refractivity contribution in [2.24, 2.45) is 17.8 Å². The number of hydrogen-bond acceptors (Lipinski definition) is 2. The summed E-state index contributed by atoms with van der Waals surface area (Å²) >= 11 is 0. The molecule has 0 aliphatic heterocycles. The SMILES string of the molecule is CCCC1CCC(C(=O)O)C(N(CC)CC2CC2)C1. The Morgan fingerprint density at radius 3 is 2.37 bits per heavy atom. The van der Waals surface area contributed by atoms with Crippen LogP contribution in [-0.2, 0) is 4.79 Å². The third-order valence-electron chi connectivity index (χ3n) is 5.00. The molecule has 0 aromatic carbocycles. The van der Waals surface area contributed by atoms with Crippen molar-refractivity contribution in [2.45, 2.75) is 64.8 Å². The molecule has 0 aromatic rings. The van der Waals surface area contributed by atoms with Crippen LogP contribution in [0.25, 0.3) is 0 Å². The number of carboxylic acids is 1. The van der Waals surface area contributed by atoms with Gasteiger partial charge in [-0.25, -0.2) is 0 Å². The second kappa shape index (κ2) is 6.74. The highest BCUT2D eigenvalue weighted by atomic mass is 16.4. The summed E-state index contributed by atoms with van der Waals surface area (Å²) in [5.41, 5.74) is 0. The maximum Gasteiger partial charge on any atom is 0.308 e. The van der Waals surface area contributed by atoms with E-state index >= 15 is 0 Å². The lowest BCUT2D eigenvalue weighted by Gasteiger charge is -2.41. The average molecular weight is 267 g/mol. The Kier molecular flexibility index (Phi) is 5.26. The van der Waals surface area contributed by atoms with Crippen molar-refractivity contribution >= 4 is 5.97 Å². The van der Waals surface area contributed by atoms with Crippen LogP contribution in [0.5, 0.6) is 0 Å². The average Bonchev–Trinajstić information content (AvgIpc) is 3.20. The monoisotopic (exact) mass is 267 g/mol. The van der Waals surface area contributed by atoms with Crippen molar-refractivity contribution in [3.63, 3.8) is 0 Å². The van der Waals surface area contributed by atoms with Gasteiger partial charge in [0, 0.05) is 12.6 Å². The third kappa shape index (κ3) is 3.95. The first-order valence-corrected chi connectivity index (χ1v) is 8.12. The molecule has 0 bridgehead atoms. The molecule has 0 saturated heterocycles. The largest absolute Gasteiger partial charge is 0.481 e. The van der Waals surface area contributed by atoms with Gasteiger partial charge in [-0.15, -0.1) is 0 Å². The highest BCUT2D eigenvalue weighted by molar-refractivity contribution is 5.71. The zero-order valence-electron chi connectivity index (χ0n) is 12.5. The third-order valence-corrected chi connectivity index (χ3v) is 5.00. The Labute approximate surface area is 117 Å². The fourth-order valence-electron chi connectivity index (χ4n) is 3.72. The molecule has 3 unspecified atom stereocenters. The van der Waals surface area contributed by atoms with E-state index in [0.29, 0.717) is 0 Å². The molecule has 2 aliphatic rings. The van der Waals surface area contributed by atoms with E-state index in [1.807, 2.05) is 0 Å². The van der Waals surface area contributed by atoms with Crippen molar-refractivity contribution < 1.29 is 9.90 Å². The lowest BCUT2D eigenvalue weighted by atomic mass is 9.76. The molecule has 2 saturated carbocycles. The molecule has 19 heavy (non-hydrogen) atoms. The summed E-state index contributed by atoms with van der Waals surface area (Å²) in [6.07, 6.45) is 8.28. The standard InChI is InChI=1S/C16H29NO2/c1-3-5-12-8-9-14(16(18)19)15(10-12)17(4-2)11-13-6-7-13/h12-15H,3-11H2,1-2H3,(H,18,19). The van der Waals surface area contributed by atoms with E-state index in [1.54, 1.807) is 0 Å². The number of nitrogens with zero attached hydrogens (tertiary/aromatic N) is 1. The van der Waals surface area contributed by atoms with Crippen molar-refractivity contribution in [3.05, 3.63) is 0 Å².